The molecule has 0 bridgehead atoms. The number of nitrogens with zero attached hydrogens (tertiary/aromatic N) is 1. The van der Waals surface area contributed by atoms with E-state index < -0.39 is 0 Å². The summed E-state index contributed by atoms with van der Waals surface area (Å²) in [4.78, 5) is 4.45. The standard InChI is InChI=1S/C13H22N2/c1-3-12-8-9-13(15-11-12)7-5-6-10-14-4-2/h8-9,11,14H,3-7,10H2,1-2H3. The van der Waals surface area contributed by atoms with Crippen molar-refractivity contribution in [1.82, 2.24) is 10.3 Å². The monoisotopic (exact) mass is 206 g/mol. The summed E-state index contributed by atoms with van der Waals surface area (Å²) in [6, 6.07) is 4.35. The summed E-state index contributed by atoms with van der Waals surface area (Å²) in [5.41, 5.74) is 2.55. The highest BCUT2D eigenvalue weighted by atomic mass is 14.8. The minimum atomic E-state index is 1.07. The van der Waals surface area contributed by atoms with Crippen LogP contribution in [0.5, 0.6) is 0 Å². The Morgan fingerprint density at radius 2 is 2.07 bits per heavy atom. The van der Waals surface area contributed by atoms with E-state index in [0.717, 1.165) is 25.9 Å². The Morgan fingerprint density at radius 3 is 2.67 bits per heavy atom. The van der Waals surface area contributed by atoms with Gasteiger partial charge in [0.1, 0.15) is 0 Å². The summed E-state index contributed by atoms with van der Waals surface area (Å²) in [6.45, 7) is 6.51. The van der Waals surface area contributed by atoms with Crippen LogP contribution in [0.25, 0.3) is 0 Å². The number of aromatic nitrogens is 1. The molecular formula is C13H22N2. The first-order valence-corrected chi connectivity index (χ1v) is 6.01. The Labute approximate surface area is 93.1 Å². The average molecular weight is 206 g/mol. The Hall–Kier alpha value is -0.890. The zero-order valence-electron chi connectivity index (χ0n) is 9.92. The highest BCUT2D eigenvalue weighted by Gasteiger charge is 1.95. The van der Waals surface area contributed by atoms with Gasteiger partial charge < -0.3 is 5.32 Å². The van der Waals surface area contributed by atoms with Gasteiger partial charge in [0.05, 0.1) is 0 Å². The van der Waals surface area contributed by atoms with Crippen molar-refractivity contribution in [1.29, 1.82) is 0 Å². The van der Waals surface area contributed by atoms with Crippen LogP contribution in [0.2, 0.25) is 0 Å². The fraction of sp³-hybridized carbons (Fsp3) is 0.615. The van der Waals surface area contributed by atoms with E-state index in [1.165, 1.54) is 24.1 Å². The van der Waals surface area contributed by atoms with Crippen LogP contribution >= 0.6 is 0 Å². The number of nitrogens with one attached hydrogen (secondary N) is 1. The number of pyridine rings is 1. The molecule has 0 unspecified atom stereocenters. The molecule has 2 nitrogen and oxygen atoms in total. The van der Waals surface area contributed by atoms with Gasteiger partial charge >= 0.3 is 0 Å². The van der Waals surface area contributed by atoms with E-state index in [1.54, 1.807) is 0 Å². The van der Waals surface area contributed by atoms with Gasteiger partial charge in [-0.15, -0.1) is 0 Å². The molecule has 0 atom stereocenters. The Kier molecular flexibility index (Phi) is 6.02. The molecule has 1 aromatic heterocycles. The topological polar surface area (TPSA) is 24.9 Å². The summed E-state index contributed by atoms with van der Waals surface area (Å²) < 4.78 is 0. The number of unbranched alkanes of at least 4 members (excludes halogenated alkanes) is 1. The highest BCUT2D eigenvalue weighted by molar-refractivity contribution is 5.13. The van der Waals surface area contributed by atoms with Gasteiger partial charge in [-0.2, -0.15) is 0 Å². The van der Waals surface area contributed by atoms with E-state index in [0.29, 0.717) is 0 Å². The predicted molar refractivity (Wildman–Crippen MR) is 65.1 cm³/mol. The minimum absolute atomic E-state index is 1.07. The first-order valence-electron chi connectivity index (χ1n) is 6.01. The second-order valence-electron chi connectivity index (χ2n) is 3.82. The van der Waals surface area contributed by atoms with Gasteiger partial charge in [0.15, 0.2) is 0 Å². The molecule has 0 aliphatic carbocycles. The van der Waals surface area contributed by atoms with Crippen LogP contribution in [0.1, 0.15) is 37.9 Å². The largest absolute Gasteiger partial charge is 0.317 e. The van der Waals surface area contributed by atoms with E-state index in [1.807, 2.05) is 6.20 Å². The second-order valence-corrected chi connectivity index (χ2v) is 3.82. The van der Waals surface area contributed by atoms with Gasteiger partial charge in [-0.1, -0.05) is 19.9 Å². The van der Waals surface area contributed by atoms with Crippen LogP contribution in [0, 0.1) is 0 Å². The Balaban J connectivity index is 2.20. The van der Waals surface area contributed by atoms with E-state index in [4.69, 9.17) is 0 Å². The van der Waals surface area contributed by atoms with Crippen molar-refractivity contribution in [2.75, 3.05) is 13.1 Å². The molecule has 0 amide bonds. The SMILES string of the molecule is CCNCCCCc1ccc(CC)cn1. The van der Waals surface area contributed by atoms with Gasteiger partial charge in [-0.25, -0.2) is 0 Å². The molecule has 1 rings (SSSR count). The Bertz CT molecular complexity index is 254. The lowest BCUT2D eigenvalue weighted by Gasteiger charge is -2.02. The smallest absolute Gasteiger partial charge is 0.0403 e. The molecule has 84 valence electrons. The number of rotatable bonds is 7. The average Bonchev–Trinajstić information content (AvgIpc) is 2.30. The fourth-order valence-corrected chi connectivity index (χ4v) is 1.55. The highest BCUT2D eigenvalue weighted by Crippen LogP contribution is 2.04. The number of aryl methyl sites for hydroxylation is 2. The molecule has 1 N–H and O–H groups in total. The van der Waals surface area contributed by atoms with Crippen molar-refractivity contribution in [3.8, 4) is 0 Å². The van der Waals surface area contributed by atoms with Crippen molar-refractivity contribution >= 4 is 0 Å². The molecule has 0 saturated carbocycles. The third-order valence-corrected chi connectivity index (χ3v) is 2.58. The summed E-state index contributed by atoms with van der Waals surface area (Å²) in [5, 5.41) is 3.33. The molecular weight excluding hydrogens is 184 g/mol. The van der Waals surface area contributed by atoms with Crippen LogP contribution in [-0.4, -0.2) is 18.1 Å². The van der Waals surface area contributed by atoms with E-state index in [9.17, 15) is 0 Å². The lowest BCUT2D eigenvalue weighted by Crippen LogP contribution is -2.13. The van der Waals surface area contributed by atoms with Gasteiger partial charge in [-0.05, 0) is 50.4 Å². The molecule has 1 aromatic rings. The quantitative estimate of drug-likeness (QED) is 0.694. The van der Waals surface area contributed by atoms with Crippen LogP contribution in [-0.2, 0) is 12.8 Å². The van der Waals surface area contributed by atoms with Crippen LogP contribution in [0.3, 0.4) is 0 Å². The van der Waals surface area contributed by atoms with Gasteiger partial charge in [-0.3, -0.25) is 4.98 Å². The third kappa shape index (κ3) is 4.93. The summed E-state index contributed by atoms with van der Waals surface area (Å²) in [7, 11) is 0. The van der Waals surface area contributed by atoms with Crippen molar-refractivity contribution in [3.63, 3.8) is 0 Å². The van der Waals surface area contributed by atoms with Crippen LogP contribution in [0.4, 0.5) is 0 Å². The van der Waals surface area contributed by atoms with Crippen LogP contribution < -0.4 is 5.32 Å². The molecule has 0 radical (unpaired) electrons. The van der Waals surface area contributed by atoms with Gasteiger partial charge in [0.25, 0.3) is 0 Å². The van der Waals surface area contributed by atoms with Crippen molar-refractivity contribution in [2.24, 2.45) is 0 Å². The van der Waals surface area contributed by atoms with E-state index in [-0.39, 0.29) is 0 Å². The maximum Gasteiger partial charge on any atom is 0.0403 e. The maximum absolute atomic E-state index is 4.45. The van der Waals surface area contributed by atoms with Crippen molar-refractivity contribution in [2.45, 2.75) is 39.5 Å². The van der Waals surface area contributed by atoms with Gasteiger partial charge in [0.2, 0.25) is 0 Å². The van der Waals surface area contributed by atoms with E-state index >= 15 is 0 Å². The molecule has 0 aliphatic rings. The molecule has 15 heavy (non-hydrogen) atoms. The molecule has 2 heteroatoms. The zero-order chi connectivity index (χ0) is 10.9. The molecule has 0 spiro atoms. The predicted octanol–water partition coefficient (Wildman–Crippen LogP) is 2.58. The Morgan fingerprint density at radius 1 is 1.20 bits per heavy atom. The van der Waals surface area contributed by atoms with Crippen molar-refractivity contribution < 1.29 is 0 Å². The number of hydrogen-bond acceptors (Lipinski definition) is 2. The van der Waals surface area contributed by atoms with Crippen LogP contribution in [0.15, 0.2) is 18.3 Å². The third-order valence-electron chi connectivity index (χ3n) is 2.58. The molecule has 0 aliphatic heterocycles. The zero-order valence-corrected chi connectivity index (χ0v) is 9.92. The minimum Gasteiger partial charge on any atom is -0.317 e. The summed E-state index contributed by atoms with van der Waals surface area (Å²) >= 11 is 0. The molecule has 0 aromatic carbocycles. The molecule has 1 heterocycles. The lowest BCUT2D eigenvalue weighted by atomic mass is 10.1. The number of hydrogen-bond donors (Lipinski definition) is 1. The van der Waals surface area contributed by atoms with E-state index in [2.05, 4.69) is 36.3 Å². The normalized spacial score (nSPS) is 10.5. The second kappa shape index (κ2) is 7.41. The first kappa shape index (κ1) is 12.2. The first-order chi connectivity index (χ1) is 7.36. The van der Waals surface area contributed by atoms with Crippen molar-refractivity contribution in [3.05, 3.63) is 29.6 Å². The van der Waals surface area contributed by atoms with Gasteiger partial charge in [0, 0.05) is 11.9 Å². The summed E-state index contributed by atoms with van der Waals surface area (Å²) in [6.07, 6.45) is 6.65. The molecule has 0 fully saturated rings. The maximum atomic E-state index is 4.45. The lowest BCUT2D eigenvalue weighted by molar-refractivity contribution is 0.637. The fourth-order valence-electron chi connectivity index (χ4n) is 1.55. The molecule has 0 saturated heterocycles. The summed E-state index contributed by atoms with van der Waals surface area (Å²) in [5.74, 6) is 0.